The first-order chi connectivity index (χ1) is 13.5. The minimum atomic E-state index is -0.945. The maximum atomic E-state index is 13.8. The van der Waals surface area contributed by atoms with E-state index in [-0.39, 0.29) is 18.4 Å². The number of aromatic amines is 1. The molecule has 1 aromatic heterocycles. The third kappa shape index (κ3) is 4.53. The summed E-state index contributed by atoms with van der Waals surface area (Å²) >= 11 is 0. The zero-order valence-corrected chi connectivity index (χ0v) is 15.3. The van der Waals surface area contributed by atoms with Crippen LogP contribution in [-0.4, -0.2) is 53.4 Å². The van der Waals surface area contributed by atoms with Crippen molar-refractivity contribution in [1.29, 1.82) is 0 Å². The number of nitrogens with zero attached hydrogens (tertiary/aromatic N) is 2. The number of carbonyl (C=O) groups is 1. The molecule has 1 amide bonds. The molecule has 2 heterocycles. The number of aromatic nitrogens is 2. The molecule has 28 heavy (non-hydrogen) atoms. The number of halogens is 3. The molecule has 1 aliphatic rings. The number of nitrogens with one attached hydrogen (secondary N) is 3. The first-order valence-corrected chi connectivity index (χ1v) is 9.02. The van der Waals surface area contributed by atoms with Crippen molar-refractivity contribution in [3.05, 3.63) is 53.9 Å². The number of hydrogen-bond donors (Lipinski definition) is 3. The Hall–Kier alpha value is -2.81. The molecular weight excluding hydrogens is 371 g/mol. The Kier molecular flexibility index (Phi) is 6.35. The quantitative estimate of drug-likeness (QED) is 0.676. The van der Waals surface area contributed by atoms with Gasteiger partial charge >= 0.3 is 0 Å². The Labute approximate surface area is 160 Å². The molecule has 0 aliphatic carbocycles. The van der Waals surface area contributed by atoms with E-state index in [0.29, 0.717) is 17.9 Å². The smallest absolute Gasteiger partial charge is 0.261 e. The molecule has 0 atom stereocenters. The van der Waals surface area contributed by atoms with Gasteiger partial charge in [0.1, 0.15) is 29.6 Å². The van der Waals surface area contributed by atoms with Gasteiger partial charge in [0.15, 0.2) is 0 Å². The van der Waals surface area contributed by atoms with Gasteiger partial charge in [0.25, 0.3) is 5.91 Å². The van der Waals surface area contributed by atoms with Crippen molar-refractivity contribution >= 4 is 17.3 Å². The molecule has 1 aromatic carbocycles. The van der Waals surface area contributed by atoms with Crippen LogP contribution in [0.4, 0.5) is 18.9 Å². The van der Waals surface area contributed by atoms with E-state index < -0.39 is 23.1 Å². The average molecular weight is 393 g/mol. The van der Waals surface area contributed by atoms with Gasteiger partial charge < -0.3 is 15.5 Å². The van der Waals surface area contributed by atoms with E-state index in [0.717, 1.165) is 38.1 Å². The number of alkyl halides is 1. The summed E-state index contributed by atoms with van der Waals surface area (Å²) in [5.74, 6) is -2.80. The number of hydrogen-bond acceptors (Lipinski definition) is 4. The number of benzene rings is 1. The maximum Gasteiger partial charge on any atom is 0.261 e. The molecule has 0 unspecified atom stereocenters. The van der Waals surface area contributed by atoms with E-state index in [1.807, 2.05) is 0 Å². The van der Waals surface area contributed by atoms with Gasteiger partial charge in [0.05, 0.1) is 17.6 Å². The van der Waals surface area contributed by atoms with Crippen LogP contribution in [0.3, 0.4) is 0 Å². The van der Waals surface area contributed by atoms with Crippen LogP contribution >= 0.6 is 0 Å². The molecule has 3 N–H and O–H groups in total. The van der Waals surface area contributed by atoms with Crippen LogP contribution in [0.15, 0.2) is 31.0 Å². The lowest BCUT2D eigenvalue weighted by Crippen LogP contribution is -2.42. The second-order valence-electron chi connectivity index (χ2n) is 6.64. The zero-order chi connectivity index (χ0) is 20.1. The molecule has 9 heteroatoms. The highest BCUT2D eigenvalue weighted by Crippen LogP contribution is 2.22. The molecule has 150 valence electrons. The molecule has 1 fully saturated rings. The second-order valence-corrected chi connectivity index (χ2v) is 6.64. The first-order valence-electron chi connectivity index (χ1n) is 9.02. The van der Waals surface area contributed by atoms with Crippen LogP contribution in [0.25, 0.3) is 5.70 Å². The van der Waals surface area contributed by atoms with E-state index in [1.54, 1.807) is 0 Å². The highest BCUT2D eigenvalue weighted by Gasteiger charge is 2.22. The third-order valence-electron chi connectivity index (χ3n) is 4.75. The summed E-state index contributed by atoms with van der Waals surface area (Å²) in [5, 5.41) is 12.4. The summed E-state index contributed by atoms with van der Waals surface area (Å²) < 4.78 is 40.0. The first kappa shape index (κ1) is 19.9. The van der Waals surface area contributed by atoms with E-state index in [9.17, 15) is 18.0 Å². The molecular formula is C19H22F3N5O. The lowest BCUT2D eigenvalue weighted by Gasteiger charge is -2.32. The van der Waals surface area contributed by atoms with Crippen molar-refractivity contribution in [2.45, 2.75) is 18.9 Å². The van der Waals surface area contributed by atoms with Gasteiger partial charge in [-0.15, -0.1) is 0 Å². The summed E-state index contributed by atoms with van der Waals surface area (Å²) in [4.78, 5) is 14.4. The third-order valence-corrected chi connectivity index (χ3v) is 4.75. The minimum Gasteiger partial charge on any atom is -0.381 e. The number of piperidine rings is 1. The fourth-order valence-electron chi connectivity index (χ4n) is 3.25. The van der Waals surface area contributed by atoms with Crippen LogP contribution in [-0.2, 0) is 0 Å². The summed E-state index contributed by atoms with van der Waals surface area (Å²) in [5.41, 5.74) is 0.538. The van der Waals surface area contributed by atoms with E-state index in [1.165, 1.54) is 12.3 Å². The average Bonchev–Trinajstić information content (AvgIpc) is 3.11. The molecule has 1 saturated heterocycles. The normalized spacial score (nSPS) is 15.4. The van der Waals surface area contributed by atoms with Gasteiger partial charge in [-0.2, -0.15) is 5.10 Å². The van der Waals surface area contributed by atoms with Crippen LogP contribution in [0.2, 0.25) is 0 Å². The van der Waals surface area contributed by atoms with Gasteiger partial charge in [0, 0.05) is 25.7 Å². The van der Waals surface area contributed by atoms with Crippen molar-refractivity contribution in [3.63, 3.8) is 0 Å². The fourth-order valence-corrected chi connectivity index (χ4v) is 3.25. The number of likely N-dealkylation sites (tertiary alicyclic amines) is 1. The summed E-state index contributed by atoms with van der Waals surface area (Å²) in [6.07, 6.45) is 3.01. The fraction of sp³-hybridized carbons (Fsp3) is 0.368. The van der Waals surface area contributed by atoms with Gasteiger partial charge in [-0.05, 0) is 25.0 Å². The van der Waals surface area contributed by atoms with Crippen molar-refractivity contribution in [2.24, 2.45) is 0 Å². The van der Waals surface area contributed by atoms with Gasteiger partial charge in [-0.1, -0.05) is 12.6 Å². The van der Waals surface area contributed by atoms with E-state index in [4.69, 9.17) is 0 Å². The number of carbonyl (C=O) groups excluding carboxylic acids is 1. The molecule has 0 saturated carbocycles. The predicted molar refractivity (Wildman–Crippen MR) is 101 cm³/mol. The highest BCUT2D eigenvalue weighted by molar-refractivity contribution is 6.05. The van der Waals surface area contributed by atoms with Crippen LogP contribution in [0.1, 0.15) is 28.9 Å². The second kappa shape index (κ2) is 8.92. The Morgan fingerprint density at radius 3 is 2.61 bits per heavy atom. The predicted octanol–water partition coefficient (Wildman–Crippen LogP) is 2.93. The Bertz CT molecular complexity index is 826. The van der Waals surface area contributed by atoms with Crippen LogP contribution < -0.4 is 10.6 Å². The lowest BCUT2D eigenvalue weighted by atomic mass is 10.0. The summed E-state index contributed by atoms with van der Waals surface area (Å²) in [6, 6.07) is 3.38. The largest absolute Gasteiger partial charge is 0.381 e. The molecule has 0 spiro atoms. The van der Waals surface area contributed by atoms with Gasteiger partial charge in [0.2, 0.25) is 0 Å². The number of rotatable bonds is 7. The van der Waals surface area contributed by atoms with Crippen molar-refractivity contribution in [1.82, 2.24) is 20.4 Å². The summed E-state index contributed by atoms with van der Waals surface area (Å²) in [6.45, 7) is 5.62. The Morgan fingerprint density at radius 2 is 1.96 bits per heavy atom. The molecule has 0 bridgehead atoms. The molecule has 0 radical (unpaired) electrons. The standard InChI is InChI=1S/C19H22F3N5O/c1-12(24-13-5-8-27(9-6-13)10-7-20)18-16(11-23-26-18)25-19(28)17-14(21)3-2-4-15(17)22/h2-4,11,13,24H,1,5-10H2,(H,23,26)(H,25,28). The number of H-pyrrole nitrogens is 1. The van der Waals surface area contributed by atoms with Crippen molar-refractivity contribution in [2.75, 3.05) is 31.6 Å². The number of amides is 1. The lowest BCUT2D eigenvalue weighted by molar-refractivity contribution is 0.101. The maximum absolute atomic E-state index is 13.8. The topological polar surface area (TPSA) is 73.1 Å². The Balaban J connectivity index is 1.63. The molecule has 6 nitrogen and oxygen atoms in total. The zero-order valence-electron chi connectivity index (χ0n) is 15.3. The monoisotopic (exact) mass is 393 g/mol. The SMILES string of the molecule is C=C(NC1CCN(CCF)CC1)c1[nH]ncc1NC(=O)c1c(F)cccc1F. The molecule has 3 rings (SSSR count). The van der Waals surface area contributed by atoms with Crippen LogP contribution in [0, 0.1) is 11.6 Å². The number of anilines is 1. The van der Waals surface area contributed by atoms with Crippen LogP contribution in [0.5, 0.6) is 0 Å². The van der Waals surface area contributed by atoms with Gasteiger partial charge in [-0.25, -0.2) is 13.2 Å². The summed E-state index contributed by atoms with van der Waals surface area (Å²) in [7, 11) is 0. The molecule has 2 aromatic rings. The Morgan fingerprint density at radius 1 is 1.29 bits per heavy atom. The van der Waals surface area contributed by atoms with E-state index in [2.05, 4.69) is 32.3 Å². The highest BCUT2D eigenvalue weighted by atomic mass is 19.1. The minimum absolute atomic E-state index is 0.152. The van der Waals surface area contributed by atoms with E-state index >= 15 is 0 Å². The van der Waals surface area contributed by atoms with Gasteiger partial charge in [-0.3, -0.25) is 9.89 Å². The molecule has 1 aliphatic heterocycles. The van der Waals surface area contributed by atoms with Crippen molar-refractivity contribution < 1.29 is 18.0 Å². The van der Waals surface area contributed by atoms with Crippen molar-refractivity contribution in [3.8, 4) is 0 Å².